The minimum absolute atomic E-state index is 0.112. The van der Waals surface area contributed by atoms with Gasteiger partial charge in [0, 0.05) is 19.0 Å². The Labute approximate surface area is 83.5 Å². The molecule has 1 saturated heterocycles. The molecule has 2 heterocycles. The molecular formula is C10H15N3O. The first-order valence-electron chi connectivity index (χ1n) is 5.01. The highest BCUT2D eigenvalue weighted by Crippen LogP contribution is 2.22. The van der Waals surface area contributed by atoms with Crippen molar-refractivity contribution >= 4 is 0 Å². The van der Waals surface area contributed by atoms with Crippen LogP contribution in [0, 0.1) is 0 Å². The van der Waals surface area contributed by atoms with E-state index in [-0.39, 0.29) is 12.1 Å². The van der Waals surface area contributed by atoms with Gasteiger partial charge in [-0.1, -0.05) is 0 Å². The zero-order valence-electron chi connectivity index (χ0n) is 8.10. The van der Waals surface area contributed by atoms with Crippen LogP contribution in [0.1, 0.15) is 31.0 Å². The molecule has 0 aromatic carbocycles. The Bertz CT molecular complexity index is 272. The highest BCUT2D eigenvalue weighted by Gasteiger charge is 2.23. The molecule has 2 N–H and O–H groups in total. The van der Waals surface area contributed by atoms with Crippen molar-refractivity contribution in [2.24, 2.45) is 5.73 Å². The van der Waals surface area contributed by atoms with Crippen molar-refractivity contribution in [3.8, 4) is 0 Å². The Balaban J connectivity index is 2.03. The van der Waals surface area contributed by atoms with Crippen molar-refractivity contribution in [3.05, 3.63) is 24.3 Å². The first kappa shape index (κ1) is 9.55. The summed E-state index contributed by atoms with van der Waals surface area (Å²) in [5.74, 6) is 0. The van der Waals surface area contributed by atoms with Crippen LogP contribution in [0.15, 0.2) is 18.6 Å². The lowest BCUT2D eigenvalue weighted by atomic mass is 10.0. The fourth-order valence-electron chi connectivity index (χ4n) is 1.72. The third kappa shape index (κ3) is 2.08. The number of rotatable bonds is 2. The number of nitrogens with two attached hydrogens (primary N) is 1. The van der Waals surface area contributed by atoms with E-state index in [0.717, 1.165) is 25.1 Å². The van der Waals surface area contributed by atoms with Crippen LogP contribution in [0.25, 0.3) is 0 Å². The second-order valence-corrected chi connectivity index (χ2v) is 3.56. The molecule has 2 atom stereocenters. The SMILES string of the molecule is NC(c1cnccn1)C1CCCCO1. The third-order valence-corrected chi connectivity index (χ3v) is 2.54. The van der Waals surface area contributed by atoms with E-state index in [4.69, 9.17) is 10.5 Å². The summed E-state index contributed by atoms with van der Waals surface area (Å²) in [7, 11) is 0. The van der Waals surface area contributed by atoms with Gasteiger partial charge in [-0.2, -0.15) is 0 Å². The predicted molar refractivity (Wildman–Crippen MR) is 52.6 cm³/mol. The van der Waals surface area contributed by atoms with E-state index < -0.39 is 0 Å². The Morgan fingerprint density at radius 2 is 2.36 bits per heavy atom. The normalized spacial score (nSPS) is 24.5. The molecule has 0 spiro atoms. The van der Waals surface area contributed by atoms with Crippen LogP contribution in [0.4, 0.5) is 0 Å². The van der Waals surface area contributed by atoms with Gasteiger partial charge in [-0.05, 0) is 19.3 Å². The van der Waals surface area contributed by atoms with E-state index in [1.165, 1.54) is 6.42 Å². The highest BCUT2D eigenvalue weighted by atomic mass is 16.5. The van der Waals surface area contributed by atoms with Crippen molar-refractivity contribution in [2.75, 3.05) is 6.61 Å². The summed E-state index contributed by atoms with van der Waals surface area (Å²) in [5.41, 5.74) is 6.86. The van der Waals surface area contributed by atoms with Gasteiger partial charge in [-0.25, -0.2) is 0 Å². The molecule has 1 aromatic heterocycles. The van der Waals surface area contributed by atoms with Gasteiger partial charge in [0.1, 0.15) is 0 Å². The minimum atomic E-state index is -0.135. The van der Waals surface area contributed by atoms with Gasteiger partial charge in [0.2, 0.25) is 0 Å². The van der Waals surface area contributed by atoms with Crippen LogP contribution in [-0.2, 0) is 4.74 Å². The molecular weight excluding hydrogens is 178 g/mol. The fraction of sp³-hybridized carbons (Fsp3) is 0.600. The molecule has 4 nitrogen and oxygen atoms in total. The van der Waals surface area contributed by atoms with Crippen LogP contribution in [0.3, 0.4) is 0 Å². The van der Waals surface area contributed by atoms with Gasteiger partial charge in [0.25, 0.3) is 0 Å². The van der Waals surface area contributed by atoms with Gasteiger partial charge >= 0.3 is 0 Å². The van der Waals surface area contributed by atoms with Crippen molar-refractivity contribution in [3.63, 3.8) is 0 Å². The quantitative estimate of drug-likeness (QED) is 0.762. The molecule has 1 aliphatic heterocycles. The third-order valence-electron chi connectivity index (χ3n) is 2.54. The Morgan fingerprint density at radius 3 is 3.00 bits per heavy atom. The molecule has 0 radical (unpaired) electrons. The van der Waals surface area contributed by atoms with Gasteiger partial charge < -0.3 is 10.5 Å². The average Bonchev–Trinajstić information content (AvgIpc) is 2.30. The van der Waals surface area contributed by atoms with Crippen LogP contribution < -0.4 is 5.73 Å². The van der Waals surface area contributed by atoms with Gasteiger partial charge in [-0.3, -0.25) is 9.97 Å². The monoisotopic (exact) mass is 193 g/mol. The molecule has 2 rings (SSSR count). The van der Waals surface area contributed by atoms with E-state index in [2.05, 4.69) is 9.97 Å². The summed E-state index contributed by atoms with van der Waals surface area (Å²) in [6.07, 6.45) is 8.50. The predicted octanol–water partition coefficient (Wildman–Crippen LogP) is 1.05. The van der Waals surface area contributed by atoms with Crippen LogP contribution in [0.2, 0.25) is 0 Å². The molecule has 1 fully saturated rings. The summed E-state index contributed by atoms with van der Waals surface area (Å²) in [4.78, 5) is 8.19. The smallest absolute Gasteiger partial charge is 0.0783 e. The van der Waals surface area contributed by atoms with Crippen LogP contribution in [-0.4, -0.2) is 22.7 Å². The molecule has 0 bridgehead atoms. The minimum Gasteiger partial charge on any atom is -0.376 e. The van der Waals surface area contributed by atoms with Crippen molar-refractivity contribution in [1.82, 2.24) is 9.97 Å². The molecule has 76 valence electrons. The number of hydrogen-bond donors (Lipinski definition) is 1. The first-order chi connectivity index (χ1) is 6.88. The molecule has 1 aromatic rings. The summed E-state index contributed by atoms with van der Waals surface area (Å²) < 4.78 is 5.60. The van der Waals surface area contributed by atoms with E-state index in [9.17, 15) is 0 Å². The van der Waals surface area contributed by atoms with Gasteiger partial charge in [0.05, 0.1) is 24.0 Å². The average molecular weight is 193 g/mol. The van der Waals surface area contributed by atoms with Crippen molar-refractivity contribution < 1.29 is 4.74 Å². The zero-order valence-corrected chi connectivity index (χ0v) is 8.10. The lowest BCUT2D eigenvalue weighted by molar-refractivity contribution is -0.000829. The van der Waals surface area contributed by atoms with E-state index in [0.29, 0.717) is 0 Å². The van der Waals surface area contributed by atoms with Gasteiger partial charge in [0.15, 0.2) is 0 Å². The summed E-state index contributed by atoms with van der Waals surface area (Å²) >= 11 is 0. The zero-order chi connectivity index (χ0) is 9.80. The molecule has 0 saturated carbocycles. The van der Waals surface area contributed by atoms with Crippen molar-refractivity contribution in [2.45, 2.75) is 31.4 Å². The largest absolute Gasteiger partial charge is 0.376 e. The second kappa shape index (κ2) is 4.48. The molecule has 0 amide bonds. The summed E-state index contributed by atoms with van der Waals surface area (Å²) in [6, 6.07) is -0.135. The number of hydrogen-bond acceptors (Lipinski definition) is 4. The van der Waals surface area contributed by atoms with E-state index >= 15 is 0 Å². The topological polar surface area (TPSA) is 61.0 Å². The molecule has 2 unspecified atom stereocenters. The van der Waals surface area contributed by atoms with E-state index in [1.807, 2.05) is 0 Å². The molecule has 14 heavy (non-hydrogen) atoms. The lowest BCUT2D eigenvalue weighted by Gasteiger charge is -2.27. The maximum atomic E-state index is 6.04. The Kier molecular flexibility index (Phi) is 3.06. The standard InChI is InChI=1S/C10H15N3O/c11-10(8-7-12-4-5-13-8)9-3-1-2-6-14-9/h4-5,7,9-10H,1-3,6,11H2. The summed E-state index contributed by atoms with van der Waals surface area (Å²) in [6.45, 7) is 0.818. The first-order valence-corrected chi connectivity index (χ1v) is 5.01. The number of nitrogens with zero attached hydrogens (tertiary/aromatic N) is 2. The van der Waals surface area contributed by atoms with Crippen LogP contribution in [0.5, 0.6) is 0 Å². The maximum Gasteiger partial charge on any atom is 0.0783 e. The second-order valence-electron chi connectivity index (χ2n) is 3.56. The van der Waals surface area contributed by atoms with Crippen LogP contribution >= 0.6 is 0 Å². The lowest BCUT2D eigenvalue weighted by Crippen LogP contribution is -2.32. The molecule has 1 aliphatic rings. The van der Waals surface area contributed by atoms with Crippen molar-refractivity contribution in [1.29, 1.82) is 0 Å². The number of aromatic nitrogens is 2. The summed E-state index contributed by atoms with van der Waals surface area (Å²) in [5, 5.41) is 0. The fourth-order valence-corrected chi connectivity index (χ4v) is 1.72. The van der Waals surface area contributed by atoms with Gasteiger partial charge in [-0.15, -0.1) is 0 Å². The maximum absolute atomic E-state index is 6.04. The number of ether oxygens (including phenoxy) is 1. The Morgan fingerprint density at radius 1 is 1.43 bits per heavy atom. The molecule has 0 aliphatic carbocycles. The van der Waals surface area contributed by atoms with E-state index in [1.54, 1.807) is 18.6 Å². The molecule has 4 heteroatoms. The Hall–Kier alpha value is -1.00. The highest BCUT2D eigenvalue weighted by molar-refractivity contribution is 5.04.